The highest BCUT2D eigenvalue weighted by Gasteiger charge is 2.38. The van der Waals surface area contributed by atoms with Gasteiger partial charge in [0.1, 0.15) is 6.04 Å². The quantitative estimate of drug-likeness (QED) is 0.197. The van der Waals surface area contributed by atoms with Crippen LogP contribution in [0.4, 0.5) is 4.79 Å². The third-order valence-electron chi connectivity index (χ3n) is 7.26. The Labute approximate surface area is 212 Å². The number of carbonyl (C=O) groups excluding carboxylic acids is 3. The van der Waals surface area contributed by atoms with Gasteiger partial charge in [0.15, 0.2) is 0 Å². The minimum Gasteiger partial charge on any atom is -0.449 e. The van der Waals surface area contributed by atoms with E-state index in [-0.39, 0.29) is 37.2 Å². The van der Waals surface area contributed by atoms with Crippen molar-refractivity contribution in [3.8, 4) is 0 Å². The lowest BCUT2D eigenvalue weighted by Gasteiger charge is -2.35. The van der Waals surface area contributed by atoms with Gasteiger partial charge >= 0.3 is 6.09 Å². The maximum Gasteiger partial charge on any atom is 0.407 e. The molecule has 0 spiro atoms. The highest BCUT2D eigenvalue weighted by Crippen LogP contribution is 2.39. The zero-order valence-corrected chi connectivity index (χ0v) is 21.7. The molecule has 0 unspecified atom stereocenters. The number of alkyl carbamates (subject to hydrolysis) is 1. The highest BCUT2D eigenvalue weighted by molar-refractivity contribution is 7.86. The van der Waals surface area contributed by atoms with Gasteiger partial charge in [0.2, 0.25) is 17.3 Å². The number of fused-ring (bicyclic) bond motifs is 2. The molecule has 1 aliphatic heterocycles. The summed E-state index contributed by atoms with van der Waals surface area (Å²) in [6.07, 6.45) is 8.35. The molecule has 2 aliphatic carbocycles. The third kappa shape index (κ3) is 8.17. The van der Waals surface area contributed by atoms with E-state index in [9.17, 15) is 32.5 Å². The molecule has 7 atom stereocenters. The van der Waals surface area contributed by atoms with E-state index in [1.165, 1.54) is 6.42 Å². The van der Waals surface area contributed by atoms with E-state index in [2.05, 4.69) is 28.1 Å². The summed E-state index contributed by atoms with van der Waals surface area (Å²) >= 11 is 0. The summed E-state index contributed by atoms with van der Waals surface area (Å²) < 4.78 is 38.0. The first-order valence-corrected chi connectivity index (χ1v) is 14.2. The Morgan fingerprint density at radius 1 is 1.22 bits per heavy atom. The Morgan fingerprint density at radius 3 is 2.58 bits per heavy atom. The van der Waals surface area contributed by atoms with Crippen LogP contribution in [0.3, 0.4) is 0 Å². The molecule has 1 saturated heterocycles. The summed E-state index contributed by atoms with van der Waals surface area (Å²) in [6.45, 7) is 4.36. The first kappa shape index (κ1) is 28.4. The Hall–Kier alpha value is -2.18. The van der Waals surface area contributed by atoms with Crippen molar-refractivity contribution < 1.29 is 37.2 Å². The third-order valence-corrected chi connectivity index (χ3v) is 8.20. The summed E-state index contributed by atoms with van der Waals surface area (Å²) in [6, 6.07) is -2.50. The summed E-state index contributed by atoms with van der Waals surface area (Å²) in [5, 5.41) is 17.8. The van der Waals surface area contributed by atoms with Crippen molar-refractivity contribution in [2.75, 3.05) is 13.2 Å². The van der Waals surface area contributed by atoms with Gasteiger partial charge in [0.05, 0.1) is 12.6 Å². The molecule has 1 heterocycles. The van der Waals surface area contributed by atoms with Gasteiger partial charge in [0.25, 0.3) is 10.1 Å². The number of hydrogen-bond donors (Lipinski definition) is 5. The monoisotopic (exact) mass is 529 g/mol. The fourth-order valence-corrected chi connectivity index (χ4v) is 6.15. The zero-order chi connectivity index (χ0) is 26.5. The van der Waals surface area contributed by atoms with Crippen LogP contribution in [0.2, 0.25) is 0 Å². The second-order valence-electron chi connectivity index (χ2n) is 10.8. The normalized spacial score (nSPS) is 28.2. The number of carbonyl (C=O) groups is 3. The van der Waals surface area contributed by atoms with Crippen LogP contribution in [0, 0.1) is 29.6 Å². The fraction of sp³-hybridized carbons (Fsp3) is 0.792. The predicted molar refractivity (Wildman–Crippen MR) is 131 cm³/mol. The fourth-order valence-electron chi connectivity index (χ4n) is 5.56. The molecule has 2 bridgehead atoms. The molecule has 3 aliphatic rings. The van der Waals surface area contributed by atoms with Crippen LogP contribution in [-0.4, -0.2) is 66.7 Å². The SMILES string of the molecule is CC(C)C[C@H](NC(=O)OC[C@H]1C[C@H]2C=CC[C@H](C2)C1)C(=O)N[C@@H](C[C@@H]1CCNC1=O)[C@@H](O)S(=O)(=O)O. The number of rotatable bonds is 11. The summed E-state index contributed by atoms with van der Waals surface area (Å²) in [7, 11) is -4.91. The average molecular weight is 530 g/mol. The van der Waals surface area contributed by atoms with Crippen molar-refractivity contribution in [3.05, 3.63) is 12.2 Å². The minimum absolute atomic E-state index is 0.00360. The van der Waals surface area contributed by atoms with E-state index in [0.717, 1.165) is 19.3 Å². The zero-order valence-electron chi connectivity index (χ0n) is 20.9. The average Bonchev–Trinajstić information content (AvgIpc) is 3.19. The van der Waals surface area contributed by atoms with Crippen LogP contribution in [0.15, 0.2) is 12.2 Å². The van der Waals surface area contributed by atoms with Crippen LogP contribution in [-0.2, 0) is 24.4 Å². The van der Waals surface area contributed by atoms with Crippen molar-refractivity contribution >= 4 is 28.0 Å². The molecule has 0 radical (unpaired) electrons. The summed E-state index contributed by atoms with van der Waals surface area (Å²) in [5.41, 5.74) is -2.32. The Bertz CT molecular complexity index is 938. The standard InChI is InChI=1S/C24H39N3O8S/c1-14(2)8-19(27-24(31)35-13-17-10-15-4-3-5-16(9-15)11-17)22(29)26-20(23(30)36(32,33)34)12-18-6-7-25-21(18)28/h3-4,14-20,23,30H,5-13H2,1-2H3,(H,25,28)(H,26,29)(H,27,31)(H,32,33,34)/t15-,16+,17-,18-,19-,20-,23-/m0/s1. The van der Waals surface area contributed by atoms with Gasteiger partial charge < -0.3 is 25.8 Å². The smallest absolute Gasteiger partial charge is 0.407 e. The van der Waals surface area contributed by atoms with Crippen molar-refractivity contribution in [3.63, 3.8) is 0 Å². The molecular formula is C24H39N3O8S. The van der Waals surface area contributed by atoms with Crippen molar-refractivity contribution in [2.45, 2.75) is 76.3 Å². The molecular weight excluding hydrogens is 490 g/mol. The van der Waals surface area contributed by atoms with Gasteiger partial charge in [-0.05, 0) is 68.6 Å². The first-order chi connectivity index (χ1) is 16.9. The second-order valence-corrected chi connectivity index (χ2v) is 12.3. The maximum atomic E-state index is 13.1. The second kappa shape index (κ2) is 12.4. The lowest BCUT2D eigenvalue weighted by molar-refractivity contribution is -0.126. The summed E-state index contributed by atoms with van der Waals surface area (Å²) in [5.74, 6) is -0.300. The number of nitrogens with one attached hydrogen (secondary N) is 3. The minimum atomic E-state index is -4.91. The Kier molecular flexibility index (Phi) is 9.76. The number of amides is 3. The largest absolute Gasteiger partial charge is 0.449 e. The van der Waals surface area contributed by atoms with E-state index in [4.69, 9.17) is 4.74 Å². The molecule has 204 valence electrons. The lowest BCUT2D eigenvalue weighted by atomic mass is 9.71. The van der Waals surface area contributed by atoms with Crippen LogP contribution in [0.25, 0.3) is 0 Å². The number of ether oxygens (including phenoxy) is 1. The van der Waals surface area contributed by atoms with Crippen molar-refractivity contribution in [1.82, 2.24) is 16.0 Å². The van der Waals surface area contributed by atoms with Crippen molar-refractivity contribution in [1.29, 1.82) is 0 Å². The van der Waals surface area contributed by atoms with Gasteiger partial charge in [-0.15, -0.1) is 0 Å². The van der Waals surface area contributed by atoms with E-state index >= 15 is 0 Å². The highest BCUT2D eigenvalue weighted by atomic mass is 32.2. The van der Waals surface area contributed by atoms with E-state index in [0.29, 0.717) is 24.8 Å². The lowest BCUT2D eigenvalue weighted by Crippen LogP contribution is -2.55. The molecule has 0 aromatic carbocycles. The van der Waals surface area contributed by atoms with Crippen LogP contribution in [0.1, 0.15) is 58.8 Å². The molecule has 5 N–H and O–H groups in total. The maximum absolute atomic E-state index is 13.1. The van der Waals surface area contributed by atoms with Gasteiger partial charge in [0, 0.05) is 12.5 Å². The van der Waals surface area contributed by atoms with E-state index in [1.54, 1.807) is 0 Å². The van der Waals surface area contributed by atoms with E-state index < -0.39 is 45.6 Å². The molecule has 0 aromatic rings. The number of aliphatic hydroxyl groups is 1. The molecule has 3 rings (SSSR count). The molecule has 1 saturated carbocycles. The van der Waals surface area contributed by atoms with Crippen LogP contribution < -0.4 is 16.0 Å². The molecule has 3 amide bonds. The topological polar surface area (TPSA) is 171 Å². The number of aliphatic hydroxyl groups excluding tert-OH is 1. The number of allylic oxidation sites excluding steroid dienone is 2. The van der Waals surface area contributed by atoms with Crippen LogP contribution in [0.5, 0.6) is 0 Å². The molecule has 11 nitrogen and oxygen atoms in total. The van der Waals surface area contributed by atoms with Gasteiger partial charge in [-0.25, -0.2) is 4.79 Å². The van der Waals surface area contributed by atoms with Gasteiger partial charge in [-0.2, -0.15) is 8.42 Å². The molecule has 36 heavy (non-hydrogen) atoms. The van der Waals surface area contributed by atoms with Crippen LogP contribution >= 0.6 is 0 Å². The summed E-state index contributed by atoms with van der Waals surface area (Å²) in [4.78, 5) is 37.6. The van der Waals surface area contributed by atoms with Crippen molar-refractivity contribution in [2.24, 2.45) is 29.6 Å². The van der Waals surface area contributed by atoms with E-state index in [1.807, 2.05) is 13.8 Å². The molecule has 2 fully saturated rings. The Morgan fingerprint density at radius 2 is 1.97 bits per heavy atom. The Balaban J connectivity index is 1.60. The van der Waals surface area contributed by atoms with Gasteiger partial charge in [-0.3, -0.25) is 14.1 Å². The number of hydrogen-bond acceptors (Lipinski definition) is 7. The molecule has 12 heteroatoms. The molecule has 0 aromatic heterocycles. The first-order valence-electron chi connectivity index (χ1n) is 12.7. The van der Waals surface area contributed by atoms with Gasteiger partial charge in [-0.1, -0.05) is 26.0 Å². The predicted octanol–water partition coefficient (Wildman–Crippen LogP) is 1.34.